The highest BCUT2D eigenvalue weighted by molar-refractivity contribution is 5.83. The Kier molecular flexibility index (Phi) is 3.84. The molecule has 0 aromatic heterocycles. The van der Waals surface area contributed by atoms with Crippen LogP contribution in [0.3, 0.4) is 0 Å². The highest BCUT2D eigenvalue weighted by atomic mass is 19.1. The Morgan fingerprint density at radius 3 is 2.00 bits per heavy atom. The number of ether oxygens (including phenoxy) is 2. The van der Waals surface area contributed by atoms with Crippen molar-refractivity contribution in [3.8, 4) is 11.5 Å². The molecule has 0 fully saturated rings. The first kappa shape index (κ1) is 10.4. The van der Waals surface area contributed by atoms with Gasteiger partial charge in [0.25, 0.3) is 0 Å². The highest BCUT2D eigenvalue weighted by Crippen LogP contribution is 2.26. The third-order valence-electron chi connectivity index (χ3n) is 1.56. The average molecular weight is 202 g/mol. The van der Waals surface area contributed by atoms with Gasteiger partial charge in [-0.15, -0.1) is 0 Å². The topological polar surface area (TPSA) is 35.5 Å². The fourth-order valence-corrected chi connectivity index (χ4v) is 1.01. The van der Waals surface area contributed by atoms with Gasteiger partial charge in [0.1, 0.15) is 11.5 Å². The maximum absolute atomic E-state index is 11.9. The molecule has 1 aromatic rings. The zero-order valence-corrected chi connectivity index (χ0v) is 7.20. The van der Waals surface area contributed by atoms with Crippen LogP contribution in [0.1, 0.15) is 10.4 Å². The van der Waals surface area contributed by atoms with Crippen molar-refractivity contribution in [1.82, 2.24) is 0 Å². The van der Waals surface area contributed by atoms with Crippen molar-refractivity contribution in [3.05, 3.63) is 23.8 Å². The van der Waals surface area contributed by atoms with Gasteiger partial charge in [-0.05, 0) is 12.1 Å². The van der Waals surface area contributed by atoms with Crippen LogP contribution in [-0.4, -0.2) is 20.0 Å². The van der Waals surface area contributed by atoms with E-state index < -0.39 is 13.7 Å². The molecule has 0 aliphatic rings. The standard InChI is InChI=1S/C9H8F2O3/c10-5-13-8-2-1-3-9(14-6-11)7(8)4-12/h1-4H,5-6H2. The lowest BCUT2D eigenvalue weighted by molar-refractivity contribution is 0.110. The minimum atomic E-state index is -1.06. The molecule has 3 nitrogen and oxygen atoms in total. The van der Waals surface area contributed by atoms with Gasteiger partial charge in [0, 0.05) is 0 Å². The number of hydrogen-bond acceptors (Lipinski definition) is 3. The van der Waals surface area contributed by atoms with Crippen molar-refractivity contribution >= 4 is 6.29 Å². The molecular weight excluding hydrogens is 194 g/mol. The van der Waals surface area contributed by atoms with Crippen molar-refractivity contribution < 1.29 is 23.0 Å². The quantitative estimate of drug-likeness (QED) is 0.686. The molecule has 0 bridgehead atoms. The van der Waals surface area contributed by atoms with E-state index in [4.69, 9.17) is 0 Å². The first-order valence-electron chi connectivity index (χ1n) is 3.79. The summed E-state index contributed by atoms with van der Waals surface area (Å²) in [7, 11) is 0. The summed E-state index contributed by atoms with van der Waals surface area (Å²) in [5.41, 5.74) is 0.00259. The first-order valence-corrected chi connectivity index (χ1v) is 3.79. The van der Waals surface area contributed by atoms with Gasteiger partial charge in [-0.2, -0.15) is 0 Å². The Bertz CT molecular complexity index is 291. The third-order valence-corrected chi connectivity index (χ3v) is 1.56. The van der Waals surface area contributed by atoms with Crippen molar-refractivity contribution in [1.29, 1.82) is 0 Å². The van der Waals surface area contributed by atoms with Crippen LogP contribution in [0.15, 0.2) is 18.2 Å². The van der Waals surface area contributed by atoms with Crippen LogP contribution in [0.25, 0.3) is 0 Å². The van der Waals surface area contributed by atoms with Gasteiger partial charge < -0.3 is 9.47 Å². The van der Waals surface area contributed by atoms with Crippen molar-refractivity contribution in [2.24, 2.45) is 0 Å². The maximum atomic E-state index is 11.9. The number of carbonyl (C=O) groups is 1. The van der Waals surface area contributed by atoms with Crippen LogP contribution in [0, 0.1) is 0 Å². The van der Waals surface area contributed by atoms with E-state index in [9.17, 15) is 13.6 Å². The molecular formula is C9H8F2O3. The second-order valence-corrected chi connectivity index (χ2v) is 2.29. The number of benzene rings is 1. The number of aldehydes is 1. The summed E-state index contributed by atoms with van der Waals surface area (Å²) in [5, 5.41) is 0. The van der Waals surface area contributed by atoms with Crippen molar-refractivity contribution in [3.63, 3.8) is 0 Å². The Hall–Kier alpha value is -1.65. The molecule has 1 rings (SSSR count). The van der Waals surface area contributed by atoms with Crippen LogP contribution >= 0.6 is 0 Å². The lowest BCUT2D eigenvalue weighted by Crippen LogP contribution is -1.99. The Morgan fingerprint density at radius 1 is 1.14 bits per heavy atom. The van der Waals surface area contributed by atoms with E-state index in [1.165, 1.54) is 18.2 Å². The third kappa shape index (κ3) is 2.18. The Balaban J connectivity index is 3.04. The smallest absolute Gasteiger partial charge is 0.228 e. The monoisotopic (exact) mass is 202 g/mol. The van der Waals surface area contributed by atoms with E-state index in [1.807, 2.05) is 0 Å². The fraction of sp³-hybridized carbons (Fsp3) is 0.222. The Morgan fingerprint density at radius 2 is 1.64 bits per heavy atom. The fourth-order valence-electron chi connectivity index (χ4n) is 1.01. The molecule has 0 saturated heterocycles. The summed E-state index contributed by atoms with van der Waals surface area (Å²) >= 11 is 0. The van der Waals surface area contributed by atoms with Gasteiger partial charge >= 0.3 is 0 Å². The summed E-state index contributed by atoms with van der Waals surface area (Å²) in [4.78, 5) is 10.6. The van der Waals surface area contributed by atoms with E-state index in [0.29, 0.717) is 6.29 Å². The lowest BCUT2D eigenvalue weighted by Gasteiger charge is -2.08. The van der Waals surface area contributed by atoms with Crippen LogP contribution in [0.5, 0.6) is 11.5 Å². The predicted molar refractivity (Wildman–Crippen MR) is 45.0 cm³/mol. The van der Waals surface area contributed by atoms with Crippen LogP contribution in [-0.2, 0) is 0 Å². The van der Waals surface area contributed by atoms with Crippen LogP contribution in [0.4, 0.5) is 8.78 Å². The molecule has 1 aromatic carbocycles. The zero-order valence-electron chi connectivity index (χ0n) is 7.20. The molecule has 5 heteroatoms. The van der Waals surface area contributed by atoms with E-state index in [1.54, 1.807) is 0 Å². The van der Waals surface area contributed by atoms with Gasteiger partial charge in [-0.1, -0.05) is 6.07 Å². The summed E-state index contributed by atoms with van der Waals surface area (Å²) in [6, 6.07) is 4.27. The maximum Gasteiger partial charge on any atom is 0.228 e. The molecule has 0 aliphatic carbocycles. The molecule has 0 saturated carbocycles. The molecule has 0 unspecified atom stereocenters. The minimum absolute atomic E-state index is 0.00259. The molecule has 0 atom stereocenters. The number of alkyl halides is 2. The molecule has 0 spiro atoms. The molecule has 0 radical (unpaired) electrons. The van der Waals surface area contributed by atoms with E-state index in [0.717, 1.165) is 0 Å². The lowest BCUT2D eigenvalue weighted by atomic mass is 10.2. The summed E-state index contributed by atoms with van der Waals surface area (Å²) < 4.78 is 32.7. The molecule has 0 heterocycles. The molecule has 0 aliphatic heterocycles. The summed E-state index contributed by atoms with van der Waals surface area (Å²) in [6.07, 6.45) is 0.427. The second kappa shape index (κ2) is 5.16. The summed E-state index contributed by atoms with van der Waals surface area (Å²) in [5.74, 6) is 0.0712. The predicted octanol–water partition coefficient (Wildman–Crippen LogP) is 2.11. The van der Waals surface area contributed by atoms with Gasteiger partial charge in [-0.25, -0.2) is 8.78 Å². The Labute approximate surface area is 79.2 Å². The SMILES string of the molecule is O=Cc1c(OCF)cccc1OCF. The number of hydrogen-bond donors (Lipinski definition) is 0. The van der Waals surface area contributed by atoms with E-state index >= 15 is 0 Å². The molecule has 0 amide bonds. The molecule has 14 heavy (non-hydrogen) atoms. The number of carbonyl (C=O) groups excluding carboxylic acids is 1. The van der Waals surface area contributed by atoms with Gasteiger partial charge in [0.05, 0.1) is 5.56 Å². The molecule has 76 valence electrons. The second-order valence-electron chi connectivity index (χ2n) is 2.29. The number of halogens is 2. The first-order chi connectivity index (χ1) is 6.83. The van der Waals surface area contributed by atoms with Crippen molar-refractivity contribution in [2.75, 3.05) is 13.7 Å². The van der Waals surface area contributed by atoms with Gasteiger partial charge in [0.15, 0.2) is 6.29 Å². The minimum Gasteiger partial charge on any atom is -0.462 e. The van der Waals surface area contributed by atoms with E-state index in [-0.39, 0.29) is 17.1 Å². The molecule has 0 N–H and O–H groups in total. The van der Waals surface area contributed by atoms with Crippen LogP contribution in [0.2, 0.25) is 0 Å². The largest absolute Gasteiger partial charge is 0.462 e. The zero-order chi connectivity index (χ0) is 10.4. The highest BCUT2D eigenvalue weighted by Gasteiger charge is 2.09. The van der Waals surface area contributed by atoms with Gasteiger partial charge in [-0.3, -0.25) is 4.79 Å². The summed E-state index contributed by atoms with van der Waals surface area (Å²) in [6.45, 7) is -2.11. The van der Waals surface area contributed by atoms with Gasteiger partial charge in [0.2, 0.25) is 13.7 Å². The van der Waals surface area contributed by atoms with E-state index in [2.05, 4.69) is 9.47 Å². The number of rotatable bonds is 5. The van der Waals surface area contributed by atoms with Crippen molar-refractivity contribution in [2.45, 2.75) is 0 Å². The van der Waals surface area contributed by atoms with Crippen LogP contribution < -0.4 is 9.47 Å². The average Bonchev–Trinajstić information content (AvgIpc) is 2.19. The normalized spacial score (nSPS) is 9.57.